The number of aryl methyl sites for hydroxylation is 1. The van der Waals surface area contributed by atoms with Crippen molar-refractivity contribution in [1.82, 2.24) is 24.8 Å². The average molecular weight is 604 g/mol. The molecule has 5 rings (SSSR count). The molecule has 7 nitrogen and oxygen atoms in total. The Labute approximate surface area is 258 Å². The number of amides is 1. The molecule has 9 heteroatoms. The van der Waals surface area contributed by atoms with Gasteiger partial charge in [-0.25, -0.2) is 9.07 Å². The molecule has 1 atom stereocenters. The fourth-order valence-corrected chi connectivity index (χ4v) is 6.28. The molecule has 0 spiro atoms. The van der Waals surface area contributed by atoms with Gasteiger partial charge in [0.2, 0.25) is 0 Å². The number of halogens is 2. The Morgan fingerprint density at radius 3 is 2.23 bits per heavy atom. The van der Waals surface area contributed by atoms with Gasteiger partial charge in [0.05, 0.1) is 40.4 Å². The molecule has 1 amide bonds. The van der Waals surface area contributed by atoms with Crippen LogP contribution in [-0.2, 0) is 11.2 Å². The topological polar surface area (TPSA) is 63.5 Å². The van der Waals surface area contributed by atoms with Crippen molar-refractivity contribution in [2.75, 3.05) is 26.7 Å². The summed E-state index contributed by atoms with van der Waals surface area (Å²) in [6.45, 7) is 13.0. The molecule has 0 radical (unpaired) electrons. The van der Waals surface area contributed by atoms with Crippen LogP contribution >= 0.6 is 11.6 Å². The normalized spacial score (nSPS) is 17.0. The molecule has 4 aromatic rings. The minimum Gasteiger partial charge on any atom is -0.367 e. The third kappa shape index (κ3) is 7.32. The summed E-state index contributed by atoms with van der Waals surface area (Å²) in [6.07, 6.45) is 2.63. The third-order valence-corrected chi connectivity index (χ3v) is 7.95. The zero-order valence-corrected chi connectivity index (χ0v) is 26.4. The van der Waals surface area contributed by atoms with E-state index in [1.807, 2.05) is 43.5 Å². The van der Waals surface area contributed by atoms with Crippen molar-refractivity contribution in [3.05, 3.63) is 112 Å². The first kappa shape index (κ1) is 30.9. The Bertz CT molecular complexity index is 1520. The SMILES string of the molecule is Cc1ccc(C(=O)N(C)C(c2ccc(F)cc2)c2ccc(Cl)cc2)c(-n2cc(CCN3CC(C)(C)OC(C)(C)C3)nn2)c1. The van der Waals surface area contributed by atoms with Crippen molar-refractivity contribution in [3.63, 3.8) is 0 Å². The van der Waals surface area contributed by atoms with Crippen molar-refractivity contribution in [1.29, 1.82) is 0 Å². The highest BCUT2D eigenvalue weighted by molar-refractivity contribution is 6.30. The smallest absolute Gasteiger partial charge is 0.256 e. The molecule has 1 aliphatic rings. The van der Waals surface area contributed by atoms with E-state index >= 15 is 0 Å². The molecule has 43 heavy (non-hydrogen) atoms. The van der Waals surface area contributed by atoms with Crippen LogP contribution in [-0.4, -0.2) is 68.6 Å². The second-order valence-corrected chi connectivity index (χ2v) is 13.1. The van der Waals surface area contributed by atoms with Crippen LogP contribution in [0.4, 0.5) is 4.39 Å². The molecular weight excluding hydrogens is 565 g/mol. The summed E-state index contributed by atoms with van der Waals surface area (Å²) < 4.78 is 21.7. The molecule has 0 saturated carbocycles. The lowest BCUT2D eigenvalue weighted by Crippen LogP contribution is -2.57. The molecule has 0 N–H and O–H groups in total. The molecular formula is C34H39ClFN5O2. The maximum atomic E-state index is 14.2. The predicted molar refractivity (Wildman–Crippen MR) is 167 cm³/mol. The Morgan fingerprint density at radius 1 is 1.00 bits per heavy atom. The van der Waals surface area contributed by atoms with Gasteiger partial charge in [0.25, 0.3) is 5.91 Å². The van der Waals surface area contributed by atoms with Crippen LogP contribution in [0, 0.1) is 12.7 Å². The number of benzene rings is 3. The van der Waals surface area contributed by atoms with Gasteiger partial charge in [-0.3, -0.25) is 9.69 Å². The first-order valence-electron chi connectivity index (χ1n) is 14.5. The van der Waals surface area contributed by atoms with Crippen molar-refractivity contribution < 1.29 is 13.9 Å². The van der Waals surface area contributed by atoms with E-state index in [1.54, 1.807) is 40.9 Å². The standard InChI is InChI=1S/C34H39ClFN5O2/c1-23-7-16-29(32(42)39(6)31(24-8-12-26(35)13-9-24)25-10-14-27(36)15-11-25)30(19-23)41-20-28(37-38-41)17-18-40-21-33(2,3)43-34(4,5)22-40/h7-16,19-20,31H,17-18,21-22H2,1-6H3. The van der Waals surface area contributed by atoms with E-state index in [2.05, 4.69) is 42.9 Å². The van der Waals surface area contributed by atoms with Gasteiger partial charge in [-0.05, 0) is 87.7 Å². The molecule has 226 valence electrons. The lowest BCUT2D eigenvalue weighted by Gasteiger charge is -2.47. The van der Waals surface area contributed by atoms with Crippen LogP contribution in [0.15, 0.2) is 72.9 Å². The van der Waals surface area contributed by atoms with Gasteiger partial charge < -0.3 is 9.64 Å². The van der Waals surface area contributed by atoms with Crippen LogP contribution in [0.25, 0.3) is 5.69 Å². The third-order valence-electron chi connectivity index (χ3n) is 7.70. The van der Waals surface area contributed by atoms with E-state index in [0.717, 1.165) is 48.4 Å². The molecule has 0 aliphatic carbocycles. The number of nitrogens with zero attached hydrogens (tertiary/aromatic N) is 5. The zero-order valence-electron chi connectivity index (χ0n) is 25.6. The summed E-state index contributed by atoms with van der Waals surface area (Å²) in [5.41, 5.74) is 4.18. The van der Waals surface area contributed by atoms with E-state index in [-0.39, 0.29) is 22.9 Å². The van der Waals surface area contributed by atoms with E-state index in [1.165, 1.54) is 12.1 Å². The first-order valence-corrected chi connectivity index (χ1v) is 14.9. The number of aromatic nitrogens is 3. The lowest BCUT2D eigenvalue weighted by molar-refractivity contribution is -0.180. The Morgan fingerprint density at radius 2 is 1.60 bits per heavy atom. The molecule has 1 saturated heterocycles. The van der Waals surface area contributed by atoms with Crippen LogP contribution in [0.2, 0.25) is 5.02 Å². The molecule has 2 heterocycles. The van der Waals surface area contributed by atoms with E-state index in [9.17, 15) is 9.18 Å². The second-order valence-electron chi connectivity index (χ2n) is 12.7. The highest BCUT2D eigenvalue weighted by Gasteiger charge is 2.37. The van der Waals surface area contributed by atoms with Gasteiger partial charge in [0.1, 0.15) is 5.82 Å². The van der Waals surface area contributed by atoms with Gasteiger partial charge >= 0.3 is 0 Å². The number of carbonyl (C=O) groups is 1. The zero-order chi connectivity index (χ0) is 30.9. The van der Waals surface area contributed by atoms with Crippen LogP contribution in [0.1, 0.15) is 66.5 Å². The maximum Gasteiger partial charge on any atom is 0.256 e. The minimum absolute atomic E-state index is 0.200. The lowest BCUT2D eigenvalue weighted by atomic mass is 9.96. The van der Waals surface area contributed by atoms with Crippen LogP contribution in [0.3, 0.4) is 0 Å². The van der Waals surface area contributed by atoms with E-state index in [4.69, 9.17) is 16.3 Å². The molecule has 0 bridgehead atoms. The summed E-state index contributed by atoms with van der Waals surface area (Å²) in [5.74, 6) is -0.537. The van der Waals surface area contributed by atoms with Gasteiger partial charge in [0, 0.05) is 38.1 Å². The summed E-state index contributed by atoms with van der Waals surface area (Å²) in [7, 11) is 1.76. The Kier molecular flexibility index (Phi) is 8.75. The minimum atomic E-state index is -0.465. The van der Waals surface area contributed by atoms with Gasteiger partial charge in [-0.2, -0.15) is 0 Å². The highest BCUT2D eigenvalue weighted by atomic mass is 35.5. The summed E-state index contributed by atoms with van der Waals surface area (Å²) in [4.78, 5) is 18.3. The fraction of sp³-hybridized carbons (Fsp3) is 0.382. The van der Waals surface area contributed by atoms with Crippen LogP contribution in [0.5, 0.6) is 0 Å². The quantitative estimate of drug-likeness (QED) is 0.225. The summed E-state index contributed by atoms with van der Waals surface area (Å²) in [6, 6.07) is 18.8. The Balaban J connectivity index is 1.41. The number of hydrogen-bond acceptors (Lipinski definition) is 5. The van der Waals surface area contributed by atoms with Crippen LogP contribution < -0.4 is 0 Å². The predicted octanol–water partition coefficient (Wildman–Crippen LogP) is 6.66. The molecule has 1 fully saturated rings. The summed E-state index contributed by atoms with van der Waals surface area (Å²) >= 11 is 6.16. The van der Waals surface area contributed by atoms with Crippen molar-refractivity contribution in [2.45, 2.75) is 58.3 Å². The van der Waals surface area contributed by atoms with Gasteiger partial charge in [0.15, 0.2) is 0 Å². The molecule has 1 aromatic heterocycles. The average Bonchev–Trinajstić information content (AvgIpc) is 3.41. The number of carbonyl (C=O) groups excluding carboxylic acids is 1. The van der Waals surface area contributed by atoms with Gasteiger partial charge in [-0.1, -0.05) is 47.1 Å². The molecule has 3 aromatic carbocycles. The monoisotopic (exact) mass is 603 g/mol. The number of rotatable bonds is 8. The number of ether oxygens (including phenoxy) is 1. The van der Waals surface area contributed by atoms with Crippen molar-refractivity contribution >= 4 is 17.5 Å². The van der Waals surface area contributed by atoms with E-state index in [0.29, 0.717) is 16.3 Å². The highest BCUT2D eigenvalue weighted by Crippen LogP contribution is 2.32. The number of morpholine rings is 1. The first-order chi connectivity index (χ1) is 20.3. The van der Waals surface area contributed by atoms with E-state index < -0.39 is 6.04 Å². The second kappa shape index (κ2) is 12.2. The largest absolute Gasteiger partial charge is 0.367 e. The maximum absolute atomic E-state index is 14.2. The van der Waals surface area contributed by atoms with Gasteiger partial charge in [-0.15, -0.1) is 5.10 Å². The fourth-order valence-electron chi connectivity index (χ4n) is 6.16. The summed E-state index contributed by atoms with van der Waals surface area (Å²) in [5, 5.41) is 9.48. The molecule has 1 aliphatic heterocycles. The molecule has 1 unspecified atom stereocenters. The Hall–Kier alpha value is -3.59. The van der Waals surface area contributed by atoms with Crippen molar-refractivity contribution in [3.8, 4) is 5.69 Å². The van der Waals surface area contributed by atoms with Crippen molar-refractivity contribution in [2.24, 2.45) is 0 Å². The number of hydrogen-bond donors (Lipinski definition) is 0.